The molecule has 0 fully saturated rings. The molecule has 1 amide bonds. The lowest BCUT2D eigenvalue weighted by Gasteiger charge is -2.11. The van der Waals surface area contributed by atoms with Crippen molar-refractivity contribution >= 4 is 5.91 Å². The fraction of sp³-hybridized carbons (Fsp3) is 0.438. The second-order valence-electron chi connectivity index (χ2n) is 6.78. The molecule has 0 aliphatic carbocycles. The Labute approximate surface area is 144 Å². The zero-order valence-electron chi connectivity index (χ0n) is 14.6. The van der Waals surface area contributed by atoms with Crippen LogP contribution in [0.15, 0.2) is 33.6 Å². The van der Waals surface area contributed by atoms with Crippen molar-refractivity contribution in [2.75, 3.05) is 0 Å². The number of hydrogen-bond acceptors (Lipinski definition) is 7. The number of aromatic nitrogens is 5. The van der Waals surface area contributed by atoms with Crippen LogP contribution in [-0.2, 0) is 12.0 Å². The van der Waals surface area contributed by atoms with Crippen molar-refractivity contribution in [3.8, 4) is 0 Å². The molecule has 3 heterocycles. The van der Waals surface area contributed by atoms with Gasteiger partial charge >= 0.3 is 0 Å². The topological polar surface area (TPSA) is 112 Å². The van der Waals surface area contributed by atoms with Crippen molar-refractivity contribution in [2.45, 2.75) is 45.7 Å². The lowest BCUT2D eigenvalue weighted by atomic mass is 9.96. The molecule has 0 spiro atoms. The van der Waals surface area contributed by atoms with E-state index >= 15 is 0 Å². The van der Waals surface area contributed by atoms with E-state index in [-0.39, 0.29) is 17.0 Å². The van der Waals surface area contributed by atoms with E-state index in [2.05, 4.69) is 25.7 Å². The number of nitrogens with zero attached hydrogens (tertiary/aromatic N) is 5. The third kappa shape index (κ3) is 3.93. The Morgan fingerprint density at radius 3 is 2.76 bits per heavy atom. The van der Waals surface area contributed by atoms with Gasteiger partial charge in [-0.2, -0.15) is 10.1 Å². The van der Waals surface area contributed by atoms with Gasteiger partial charge in [0.05, 0.1) is 0 Å². The maximum Gasteiger partial charge on any atom is 0.274 e. The Bertz CT molecular complexity index is 843. The number of amides is 1. The Morgan fingerprint density at radius 1 is 1.32 bits per heavy atom. The summed E-state index contributed by atoms with van der Waals surface area (Å²) < 4.78 is 12.1. The molecule has 0 bridgehead atoms. The molecule has 9 nitrogen and oxygen atoms in total. The zero-order valence-corrected chi connectivity index (χ0v) is 14.6. The third-order valence-electron chi connectivity index (χ3n) is 3.50. The van der Waals surface area contributed by atoms with E-state index in [0.29, 0.717) is 24.0 Å². The first-order valence-electron chi connectivity index (χ1n) is 7.91. The highest BCUT2D eigenvalue weighted by molar-refractivity contribution is 5.92. The molecule has 0 saturated heterocycles. The van der Waals surface area contributed by atoms with Gasteiger partial charge in [0, 0.05) is 23.9 Å². The molecule has 9 heteroatoms. The molecular formula is C16H20N6O3. The van der Waals surface area contributed by atoms with Crippen molar-refractivity contribution in [1.29, 1.82) is 0 Å². The molecule has 25 heavy (non-hydrogen) atoms. The smallest absolute Gasteiger partial charge is 0.274 e. The van der Waals surface area contributed by atoms with Gasteiger partial charge in [-0.25, -0.2) is 0 Å². The molecule has 1 unspecified atom stereocenters. The van der Waals surface area contributed by atoms with Crippen molar-refractivity contribution in [1.82, 2.24) is 30.4 Å². The summed E-state index contributed by atoms with van der Waals surface area (Å²) in [6.07, 6.45) is 3.47. The van der Waals surface area contributed by atoms with Gasteiger partial charge < -0.3 is 14.4 Å². The molecule has 0 radical (unpaired) electrons. The predicted octanol–water partition coefficient (Wildman–Crippen LogP) is 2.09. The normalized spacial score (nSPS) is 13.0. The summed E-state index contributed by atoms with van der Waals surface area (Å²) in [6.45, 7) is 8.13. The highest BCUT2D eigenvalue weighted by Crippen LogP contribution is 2.20. The van der Waals surface area contributed by atoms with Crippen LogP contribution in [0.25, 0.3) is 0 Å². The van der Waals surface area contributed by atoms with Gasteiger partial charge in [0.25, 0.3) is 5.91 Å². The van der Waals surface area contributed by atoms with E-state index in [1.165, 1.54) is 0 Å². The van der Waals surface area contributed by atoms with Gasteiger partial charge in [-0.3, -0.25) is 9.48 Å². The van der Waals surface area contributed by atoms with Gasteiger partial charge in [-0.15, -0.1) is 0 Å². The molecular weight excluding hydrogens is 324 g/mol. The van der Waals surface area contributed by atoms with Crippen LogP contribution < -0.4 is 5.32 Å². The average molecular weight is 344 g/mol. The molecule has 0 aromatic carbocycles. The van der Waals surface area contributed by atoms with E-state index in [1.54, 1.807) is 30.1 Å². The lowest BCUT2D eigenvalue weighted by molar-refractivity contribution is 0.0923. The molecule has 3 rings (SSSR count). The Morgan fingerprint density at radius 2 is 2.12 bits per heavy atom. The summed E-state index contributed by atoms with van der Waals surface area (Å²) in [7, 11) is 0. The first kappa shape index (κ1) is 16.9. The highest BCUT2D eigenvalue weighted by atomic mass is 16.5. The quantitative estimate of drug-likeness (QED) is 0.754. The summed E-state index contributed by atoms with van der Waals surface area (Å²) in [4.78, 5) is 16.6. The fourth-order valence-electron chi connectivity index (χ4n) is 2.10. The van der Waals surface area contributed by atoms with Gasteiger partial charge in [0.15, 0.2) is 17.3 Å². The van der Waals surface area contributed by atoms with Crippen LogP contribution in [0, 0.1) is 0 Å². The van der Waals surface area contributed by atoms with E-state index in [1.807, 2.05) is 26.8 Å². The Balaban J connectivity index is 1.63. The minimum absolute atomic E-state index is 0.185. The van der Waals surface area contributed by atoms with Gasteiger partial charge in [-0.05, 0) is 13.0 Å². The zero-order chi connectivity index (χ0) is 18.0. The molecule has 1 atom stereocenters. The second-order valence-corrected chi connectivity index (χ2v) is 6.78. The minimum Gasteiger partial charge on any atom is -0.359 e. The molecule has 0 saturated carbocycles. The largest absolute Gasteiger partial charge is 0.359 e. The van der Waals surface area contributed by atoms with Crippen LogP contribution in [-0.4, -0.2) is 31.0 Å². The van der Waals surface area contributed by atoms with Crippen LogP contribution in [0.2, 0.25) is 0 Å². The summed E-state index contributed by atoms with van der Waals surface area (Å²) in [6, 6.07) is 2.95. The number of rotatable bonds is 5. The van der Waals surface area contributed by atoms with Crippen molar-refractivity contribution in [3.05, 3.63) is 47.7 Å². The maximum absolute atomic E-state index is 12.3. The molecule has 3 aromatic heterocycles. The fourth-order valence-corrected chi connectivity index (χ4v) is 2.10. The van der Waals surface area contributed by atoms with Crippen LogP contribution in [0.4, 0.5) is 0 Å². The number of carbonyl (C=O) groups is 1. The van der Waals surface area contributed by atoms with Gasteiger partial charge in [-0.1, -0.05) is 31.1 Å². The standard InChI is InChI=1S/C16H20N6O3/c1-10(14-19-15(21-25-14)16(2,3)4)18-13(23)12-8-11(24-20-12)9-22-7-5-6-17-22/h5-8,10H,9H2,1-4H3,(H,18,23). The molecule has 132 valence electrons. The van der Waals surface area contributed by atoms with E-state index in [9.17, 15) is 4.79 Å². The lowest BCUT2D eigenvalue weighted by Crippen LogP contribution is -2.27. The van der Waals surface area contributed by atoms with Gasteiger partial charge in [0.2, 0.25) is 5.89 Å². The summed E-state index contributed by atoms with van der Waals surface area (Å²) in [5.74, 6) is 1.10. The van der Waals surface area contributed by atoms with E-state index in [4.69, 9.17) is 9.05 Å². The monoisotopic (exact) mass is 344 g/mol. The minimum atomic E-state index is -0.442. The van der Waals surface area contributed by atoms with Crippen molar-refractivity contribution in [2.24, 2.45) is 0 Å². The molecule has 0 aliphatic rings. The van der Waals surface area contributed by atoms with Crippen molar-refractivity contribution in [3.63, 3.8) is 0 Å². The predicted molar refractivity (Wildman–Crippen MR) is 86.7 cm³/mol. The summed E-state index contributed by atoms with van der Waals surface area (Å²) in [5.41, 5.74) is -0.0384. The first-order valence-corrected chi connectivity index (χ1v) is 7.91. The average Bonchev–Trinajstić information content (AvgIpc) is 3.28. The first-order chi connectivity index (χ1) is 11.8. The van der Waals surface area contributed by atoms with E-state index in [0.717, 1.165) is 0 Å². The Kier molecular flexibility index (Phi) is 4.39. The summed E-state index contributed by atoms with van der Waals surface area (Å²) in [5, 5.41) is 14.6. The molecule has 1 N–H and O–H groups in total. The second kappa shape index (κ2) is 6.50. The third-order valence-corrected chi connectivity index (χ3v) is 3.50. The number of hydrogen-bond donors (Lipinski definition) is 1. The number of carbonyl (C=O) groups excluding carboxylic acids is 1. The van der Waals surface area contributed by atoms with Gasteiger partial charge in [0.1, 0.15) is 12.6 Å². The molecule has 3 aromatic rings. The van der Waals surface area contributed by atoms with Crippen LogP contribution in [0.3, 0.4) is 0 Å². The number of nitrogens with one attached hydrogen (secondary N) is 1. The van der Waals surface area contributed by atoms with Crippen LogP contribution >= 0.6 is 0 Å². The van der Waals surface area contributed by atoms with E-state index < -0.39 is 6.04 Å². The van der Waals surface area contributed by atoms with Crippen molar-refractivity contribution < 1.29 is 13.8 Å². The summed E-state index contributed by atoms with van der Waals surface area (Å²) >= 11 is 0. The maximum atomic E-state index is 12.3. The molecule has 0 aliphatic heterocycles. The Hall–Kier alpha value is -2.97. The van der Waals surface area contributed by atoms with Crippen LogP contribution in [0.1, 0.15) is 61.7 Å². The SMILES string of the molecule is CC(NC(=O)c1cc(Cn2cccn2)on1)c1nc(C(C)(C)C)no1. The highest BCUT2D eigenvalue weighted by Gasteiger charge is 2.24. The van der Waals surface area contributed by atoms with Crippen LogP contribution in [0.5, 0.6) is 0 Å².